The molecule has 0 radical (unpaired) electrons. The minimum atomic E-state index is 0.233. The number of thioether (sulfide) groups is 1. The van der Waals surface area contributed by atoms with Crippen molar-refractivity contribution in [3.63, 3.8) is 0 Å². The Morgan fingerprint density at radius 3 is 2.64 bits per heavy atom. The predicted molar refractivity (Wildman–Crippen MR) is 65.0 cm³/mol. The molecule has 0 spiro atoms. The highest BCUT2D eigenvalue weighted by Crippen LogP contribution is 2.31. The molecule has 0 saturated carbocycles. The first-order valence-electron chi connectivity index (χ1n) is 4.82. The predicted octanol–water partition coefficient (Wildman–Crippen LogP) is 3.56. The van der Waals surface area contributed by atoms with Gasteiger partial charge in [0.2, 0.25) is 0 Å². The largest absolute Gasteiger partial charge is 0.327 e. The van der Waals surface area contributed by atoms with Gasteiger partial charge >= 0.3 is 0 Å². The molecule has 78 valence electrons. The van der Waals surface area contributed by atoms with Crippen LogP contribution in [-0.4, -0.2) is 11.3 Å². The van der Waals surface area contributed by atoms with E-state index in [9.17, 15) is 0 Å². The van der Waals surface area contributed by atoms with Gasteiger partial charge in [0.25, 0.3) is 0 Å². The van der Waals surface area contributed by atoms with Gasteiger partial charge in [-0.05, 0) is 18.6 Å². The molecule has 0 bridgehead atoms. The molecule has 1 rings (SSSR count). The first-order chi connectivity index (χ1) is 6.65. The van der Waals surface area contributed by atoms with Crippen molar-refractivity contribution >= 4 is 23.4 Å². The van der Waals surface area contributed by atoms with Crippen molar-refractivity contribution in [3.05, 3.63) is 29.3 Å². The van der Waals surface area contributed by atoms with Gasteiger partial charge in [-0.25, -0.2) is 0 Å². The summed E-state index contributed by atoms with van der Waals surface area (Å²) >= 11 is 7.80. The van der Waals surface area contributed by atoms with Gasteiger partial charge in [-0.2, -0.15) is 0 Å². The third-order valence-corrected chi connectivity index (χ3v) is 4.00. The van der Waals surface area contributed by atoms with Crippen LogP contribution in [0.4, 0.5) is 0 Å². The maximum atomic E-state index is 6.05. The molecule has 0 aliphatic carbocycles. The van der Waals surface area contributed by atoms with Crippen LogP contribution in [0, 0.1) is 0 Å². The first kappa shape index (κ1) is 11.9. The average Bonchev–Trinajstić information content (AvgIpc) is 2.20. The summed E-state index contributed by atoms with van der Waals surface area (Å²) in [7, 11) is 0. The number of rotatable bonds is 4. The van der Waals surface area contributed by atoms with Gasteiger partial charge < -0.3 is 5.73 Å². The minimum absolute atomic E-state index is 0.233. The van der Waals surface area contributed by atoms with E-state index < -0.39 is 0 Å². The van der Waals surface area contributed by atoms with E-state index >= 15 is 0 Å². The lowest BCUT2D eigenvalue weighted by Gasteiger charge is -2.18. The highest BCUT2D eigenvalue weighted by molar-refractivity contribution is 8.00. The van der Waals surface area contributed by atoms with Gasteiger partial charge in [-0.1, -0.05) is 37.6 Å². The van der Waals surface area contributed by atoms with Crippen molar-refractivity contribution in [2.24, 2.45) is 5.73 Å². The zero-order valence-electron chi connectivity index (χ0n) is 8.53. The van der Waals surface area contributed by atoms with Gasteiger partial charge in [0.05, 0.1) is 5.02 Å². The second-order valence-electron chi connectivity index (χ2n) is 3.33. The summed E-state index contributed by atoms with van der Waals surface area (Å²) in [5, 5.41) is 1.22. The summed E-state index contributed by atoms with van der Waals surface area (Å²) in [5.41, 5.74) is 5.95. The number of halogens is 1. The van der Waals surface area contributed by atoms with Crippen molar-refractivity contribution in [1.82, 2.24) is 0 Å². The van der Waals surface area contributed by atoms with Crippen LogP contribution >= 0.6 is 23.4 Å². The third-order valence-electron chi connectivity index (χ3n) is 2.22. The average molecular weight is 230 g/mol. The Kier molecular flexibility index (Phi) is 4.79. The van der Waals surface area contributed by atoms with E-state index in [1.54, 1.807) is 11.8 Å². The molecular formula is C11H16ClNS. The normalized spacial score (nSPS) is 15.1. The topological polar surface area (TPSA) is 26.0 Å². The smallest absolute Gasteiger partial charge is 0.0541 e. The minimum Gasteiger partial charge on any atom is -0.327 e. The quantitative estimate of drug-likeness (QED) is 0.800. The van der Waals surface area contributed by atoms with Crippen LogP contribution in [0.1, 0.15) is 20.3 Å². The molecule has 0 aliphatic rings. The van der Waals surface area contributed by atoms with E-state index in [-0.39, 0.29) is 6.04 Å². The molecule has 0 amide bonds. The molecule has 3 heteroatoms. The van der Waals surface area contributed by atoms with Crippen molar-refractivity contribution in [2.45, 2.75) is 36.5 Å². The Labute approximate surface area is 95.0 Å². The maximum Gasteiger partial charge on any atom is 0.0541 e. The van der Waals surface area contributed by atoms with Crippen molar-refractivity contribution in [2.75, 3.05) is 0 Å². The molecule has 2 unspecified atom stereocenters. The number of nitrogens with two attached hydrogens (primary N) is 1. The summed E-state index contributed by atoms with van der Waals surface area (Å²) < 4.78 is 0. The van der Waals surface area contributed by atoms with Crippen LogP contribution in [0.5, 0.6) is 0 Å². The zero-order chi connectivity index (χ0) is 10.6. The molecule has 0 saturated heterocycles. The molecule has 1 aromatic rings. The molecule has 0 fully saturated rings. The molecule has 1 aromatic carbocycles. The number of hydrogen-bond donors (Lipinski definition) is 1. The van der Waals surface area contributed by atoms with Gasteiger partial charge in [-0.15, -0.1) is 11.8 Å². The summed E-state index contributed by atoms with van der Waals surface area (Å²) in [6.45, 7) is 4.25. The second kappa shape index (κ2) is 5.64. The Hall–Kier alpha value is -0.180. The number of benzene rings is 1. The fraction of sp³-hybridized carbons (Fsp3) is 0.455. The summed E-state index contributed by atoms with van der Waals surface area (Å²) in [4.78, 5) is 1.12. The van der Waals surface area contributed by atoms with Crippen molar-refractivity contribution in [1.29, 1.82) is 0 Å². The van der Waals surface area contributed by atoms with Crippen molar-refractivity contribution in [3.8, 4) is 0 Å². The Bertz CT molecular complexity index is 290. The van der Waals surface area contributed by atoms with E-state index in [0.717, 1.165) is 16.3 Å². The van der Waals surface area contributed by atoms with Crippen LogP contribution in [0.2, 0.25) is 5.02 Å². The lowest BCUT2D eigenvalue weighted by Crippen LogP contribution is -2.29. The fourth-order valence-electron chi connectivity index (χ4n) is 1.16. The highest BCUT2D eigenvalue weighted by Gasteiger charge is 2.13. The van der Waals surface area contributed by atoms with Gasteiger partial charge in [0.15, 0.2) is 0 Å². The fourth-order valence-corrected chi connectivity index (χ4v) is 2.53. The van der Waals surface area contributed by atoms with Crippen LogP contribution in [0.15, 0.2) is 29.2 Å². The van der Waals surface area contributed by atoms with Crippen LogP contribution in [-0.2, 0) is 0 Å². The van der Waals surface area contributed by atoms with E-state index in [0.29, 0.717) is 5.25 Å². The number of hydrogen-bond acceptors (Lipinski definition) is 2. The van der Waals surface area contributed by atoms with Crippen LogP contribution < -0.4 is 5.73 Å². The molecule has 14 heavy (non-hydrogen) atoms. The standard InChI is InChI=1S/C11H16ClNS/c1-3-10(13)8(2)14-11-7-5-4-6-9(11)12/h4-8,10H,3,13H2,1-2H3. The molecule has 2 atom stereocenters. The van der Waals surface area contributed by atoms with Gasteiger partial charge in [0.1, 0.15) is 0 Å². The van der Waals surface area contributed by atoms with Crippen LogP contribution in [0.25, 0.3) is 0 Å². The highest BCUT2D eigenvalue weighted by atomic mass is 35.5. The first-order valence-corrected chi connectivity index (χ1v) is 6.07. The van der Waals surface area contributed by atoms with Gasteiger partial charge in [-0.3, -0.25) is 0 Å². The lowest BCUT2D eigenvalue weighted by molar-refractivity contribution is 0.642. The zero-order valence-corrected chi connectivity index (χ0v) is 10.1. The molecular weight excluding hydrogens is 214 g/mol. The molecule has 1 nitrogen and oxygen atoms in total. The molecule has 0 heterocycles. The summed E-state index contributed by atoms with van der Waals surface area (Å²) in [5.74, 6) is 0. The Balaban J connectivity index is 2.64. The monoisotopic (exact) mass is 229 g/mol. The van der Waals surface area contributed by atoms with E-state index in [2.05, 4.69) is 13.8 Å². The Morgan fingerprint density at radius 2 is 2.07 bits per heavy atom. The Morgan fingerprint density at radius 1 is 1.43 bits per heavy atom. The SMILES string of the molecule is CCC(N)C(C)Sc1ccccc1Cl. The summed E-state index contributed by atoms with van der Waals surface area (Å²) in [6, 6.07) is 8.12. The van der Waals surface area contributed by atoms with Gasteiger partial charge in [0, 0.05) is 16.2 Å². The molecule has 0 aromatic heterocycles. The lowest BCUT2D eigenvalue weighted by atomic mass is 10.2. The van der Waals surface area contributed by atoms with E-state index in [1.807, 2.05) is 24.3 Å². The summed E-state index contributed by atoms with van der Waals surface area (Å²) in [6.07, 6.45) is 0.999. The maximum absolute atomic E-state index is 6.05. The third kappa shape index (κ3) is 3.19. The van der Waals surface area contributed by atoms with Crippen molar-refractivity contribution < 1.29 is 0 Å². The van der Waals surface area contributed by atoms with Crippen LogP contribution in [0.3, 0.4) is 0 Å². The molecule has 2 N–H and O–H groups in total. The van der Waals surface area contributed by atoms with E-state index in [1.165, 1.54) is 0 Å². The second-order valence-corrected chi connectivity index (χ2v) is 5.15. The molecule has 0 aliphatic heterocycles. The van der Waals surface area contributed by atoms with E-state index in [4.69, 9.17) is 17.3 Å².